The lowest BCUT2D eigenvalue weighted by Gasteiger charge is -2.35. The van der Waals surface area contributed by atoms with Crippen LogP contribution in [0.1, 0.15) is 43.2 Å². The number of ether oxygens (including phenoxy) is 1. The Labute approximate surface area is 264 Å². The molecule has 1 aliphatic carbocycles. The number of nitrogens with zero attached hydrogens (tertiary/aromatic N) is 2. The SMILES string of the molecule is COc1ccc(N(CC(=O)N(Cc2ccccc2Cl)[C@@H](Cc2ccccc2)C(=O)NC2CCCCC2)S(C)(=O)=O)cc1Cl. The van der Waals surface area contributed by atoms with Crippen molar-refractivity contribution >= 4 is 50.7 Å². The average Bonchev–Trinajstić information content (AvgIpc) is 2.99. The number of anilines is 1. The smallest absolute Gasteiger partial charge is 0.244 e. The highest BCUT2D eigenvalue weighted by atomic mass is 35.5. The van der Waals surface area contributed by atoms with Crippen molar-refractivity contribution in [3.8, 4) is 5.75 Å². The highest BCUT2D eigenvalue weighted by Gasteiger charge is 2.34. The molecule has 1 fully saturated rings. The van der Waals surface area contributed by atoms with Gasteiger partial charge in [-0.25, -0.2) is 8.42 Å². The quantitative estimate of drug-likeness (QED) is 0.266. The number of carbonyl (C=O) groups excluding carboxylic acids is 2. The van der Waals surface area contributed by atoms with Crippen LogP contribution in [-0.4, -0.2) is 57.1 Å². The molecule has 0 heterocycles. The summed E-state index contributed by atoms with van der Waals surface area (Å²) in [7, 11) is -2.48. The number of nitrogens with one attached hydrogen (secondary N) is 1. The van der Waals surface area contributed by atoms with E-state index in [0.29, 0.717) is 16.3 Å². The number of amides is 2. The van der Waals surface area contributed by atoms with Gasteiger partial charge in [-0.15, -0.1) is 0 Å². The second-order valence-corrected chi connectivity index (χ2v) is 13.5. The molecule has 0 spiro atoms. The van der Waals surface area contributed by atoms with Crippen molar-refractivity contribution in [3.63, 3.8) is 0 Å². The lowest BCUT2D eigenvalue weighted by Crippen LogP contribution is -2.55. The minimum absolute atomic E-state index is 0.00899. The normalized spacial score (nSPS) is 14.5. The van der Waals surface area contributed by atoms with Gasteiger partial charge in [-0.2, -0.15) is 0 Å². The summed E-state index contributed by atoms with van der Waals surface area (Å²) in [6, 6.07) is 20.1. The number of hydrogen-bond donors (Lipinski definition) is 1. The first-order chi connectivity index (χ1) is 20.6. The maximum Gasteiger partial charge on any atom is 0.244 e. The first kappa shape index (κ1) is 32.6. The van der Waals surface area contributed by atoms with E-state index in [1.807, 2.05) is 30.3 Å². The van der Waals surface area contributed by atoms with Gasteiger partial charge in [0, 0.05) is 24.0 Å². The van der Waals surface area contributed by atoms with E-state index in [9.17, 15) is 18.0 Å². The molecule has 1 atom stereocenters. The lowest BCUT2D eigenvalue weighted by atomic mass is 9.94. The second-order valence-electron chi connectivity index (χ2n) is 10.8. The summed E-state index contributed by atoms with van der Waals surface area (Å²) in [6.45, 7) is -0.539. The van der Waals surface area contributed by atoms with Crippen LogP contribution in [0.2, 0.25) is 10.0 Å². The highest BCUT2D eigenvalue weighted by Crippen LogP contribution is 2.31. The number of halogens is 2. The Hall–Kier alpha value is -3.27. The van der Waals surface area contributed by atoms with E-state index in [1.165, 1.54) is 30.2 Å². The van der Waals surface area contributed by atoms with Crippen LogP contribution in [-0.2, 0) is 32.6 Å². The van der Waals surface area contributed by atoms with Crippen molar-refractivity contribution in [2.24, 2.45) is 0 Å². The molecule has 0 radical (unpaired) electrons. The molecule has 8 nitrogen and oxygen atoms in total. The molecule has 1 aliphatic rings. The van der Waals surface area contributed by atoms with E-state index in [2.05, 4.69) is 5.32 Å². The Kier molecular flexibility index (Phi) is 11.3. The molecule has 11 heteroatoms. The van der Waals surface area contributed by atoms with Crippen LogP contribution >= 0.6 is 23.2 Å². The number of hydrogen-bond acceptors (Lipinski definition) is 5. The summed E-state index contributed by atoms with van der Waals surface area (Å²) < 4.78 is 32.2. The van der Waals surface area contributed by atoms with Gasteiger partial charge in [0.15, 0.2) is 0 Å². The fourth-order valence-electron chi connectivity index (χ4n) is 5.33. The summed E-state index contributed by atoms with van der Waals surface area (Å²) in [5.74, 6) is -0.473. The maximum absolute atomic E-state index is 14.3. The summed E-state index contributed by atoms with van der Waals surface area (Å²) in [5.41, 5.74) is 1.70. The first-order valence-corrected chi connectivity index (χ1v) is 16.9. The van der Waals surface area contributed by atoms with Crippen LogP contribution in [0.3, 0.4) is 0 Å². The molecule has 3 aromatic rings. The number of sulfonamides is 1. The number of carbonyl (C=O) groups is 2. The highest BCUT2D eigenvalue weighted by molar-refractivity contribution is 7.92. The monoisotopic (exact) mass is 645 g/mol. The van der Waals surface area contributed by atoms with Crippen molar-refractivity contribution in [2.75, 3.05) is 24.2 Å². The van der Waals surface area contributed by atoms with E-state index in [4.69, 9.17) is 27.9 Å². The molecule has 43 heavy (non-hydrogen) atoms. The third kappa shape index (κ3) is 8.87. The van der Waals surface area contributed by atoms with Gasteiger partial charge in [-0.05, 0) is 48.2 Å². The van der Waals surface area contributed by atoms with E-state index in [1.54, 1.807) is 24.3 Å². The molecular formula is C32H37Cl2N3O5S. The van der Waals surface area contributed by atoms with E-state index in [-0.39, 0.29) is 35.6 Å². The summed E-state index contributed by atoms with van der Waals surface area (Å²) in [4.78, 5) is 29.7. The van der Waals surface area contributed by atoms with E-state index >= 15 is 0 Å². The van der Waals surface area contributed by atoms with Crippen molar-refractivity contribution in [1.82, 2.24) is 10.2 Å². The van der Waals surface area contributed by atoms with Crippen LogP contribution in [0.4, 0.5) is 5.69 Å². The van der Waals surface area contributed by atoms with Gasteiger partial charge >= 0.3 is 0 Å². The van der Waals surface area contributed by atoms with Gasteiger partial charge in [0.2, 0.25) is 21.8 Å². The molecule has 0 bridgehead atoms. The zero-order chi connectivity index (χ0) is 31.0. The van der Waals surface area contributed by atoms with Crippen molar-refractivity contribution in [2.45, 2.75) is 57.2 Å². The largest absolute Gasteiger partial charge is 0.495 e. The summed E-state index contributed by atoms with van der Waals surface area (Å²) in [5, 5.41) is 3.82. The standard InChI is InChI=1S/C32H37Cl2N3O5S/c1-42-30-18-17-26(20-28(30)34)37(43(2,40)41)22-31(38)36(21-24-13-9-10-16-27(24)33)29(19-23-11-5-3-6-12-23)32(39)35-25-14-7-4-8-15-25/h3,5-6,9-13,16-18,20,25,29H,4,7-8,14-15,19,21-22H2,1-2H3,(H,35,39)/t29-/m0/s1. The molecule has 1 N–H and O–H groups in total. The van der Waals surface area contributed by atoms with E-state index in [0.717, 1.165) is 48.2 Å². The Morgan fingerprint density at radius 1 is 0.953 bits per heavy atom. The molecule has 0 saturated heterocycles. The third-order valence-corrected chi connectivity index (χ3v) is 9.43. The molecule has 4 rings (SSSR count). The van der Waals surface area contributed by atoms with Crippen LogP contribution in [0.25, 0.3) is 0 Å². The van der Waals surface area contributed by atoms with Gasteiger partial charge in [-0.1, -0.05) is 91.0 Å². The maximum atomic E-state index is 14.3. The topological polar surface area (TPSA) is 96.0 Å². The Balaban J connectivity index is 1.74. The average molecular weight is 647 g/mol. The first-order valence-electron chi connectivity index (χ1n) is 14.2. The zero-order valence-corrected chi connectivity index (χ0v) is 26.7. The third-order valence-electron chi connectivity index (χ3n) is 7.62. The predicted molar refractivity (Wildman–Crippen MR) is 171 cm³/mol. The molecule has 0 aliphatic heterocycles. The Morgan fingerprint density at radius 3 is 2.26 bits per heavy atom. The van der Waals surface area contributed by atoms with Crippen molar-refractivity contribution < 1.29 is 22.7 Å². The van der Waals surface area contributed by atoms with Crippen LogP contribution in [0.5, 0.6) is 5.75 Å². The fraction of sp³-hybridized carbons (Fsp3) is 0.375. The molecular weight excluding hydrogens is 609 g/mol. The number of benzene rings is 3. The van der Waals surface area contributed by atoms with Crippen LogP contribution < -0.4 is 14.4 Å². The van der Waals surface area contributed by atoms with Crippen molar-refractivity contribution in [3.05, 3.63) is 94.0 Å². The molecule has 230 valence electrons. The molecule has 1 saturated carbocycles. The Morgan fingerprint density at radius 2 is 1.63 bits per heavy atom. The fourth-order valence-corrected chi connectivity index (χ4v) is 6.62. The second kappa shape index (κ2) is 14.9. The summed E-state index contributed by atoms with van der Waals surface area (Å²) >= 11 is 12.8. The van der Waals surface area contributed by atoms with Gasteiger partial charge in [-0.3, -0.25) is 13.9 Å². The van der Waals surface area contributed by atoms with Gasteiger partial charge in [0.05, 0.1) is 24.1 Å². The molecule has 0 aromatic heterocycles. The minimum Gasteiger partial charge on any atom is -0.495 e. The van der Waals surface area contributed by atoms with Crippen LogP contribution in [0.15, 0.2) is 72.8 Å². The predicted octanol–water partition coefficient (Wildman–Crippen LogP) is 5.86. The van der Waals surface area contributed by atoms with Gasteiger partial charge in [0.25, 0.3) is 0 Å². The molecule has 2 amide bonds. The number of methoxy groups -OCH3 is 1. The molecule has 0 unspecified atom stereocenters. The van der Waals surface area contributed by atoms with Gasteiger partial charge in [0.1, 0.15) is 18.3 Å². The van der Waals surface area contributed by atoms with Gasteiger partial charge < -0.3 is 15.0 Å². The number of rotatable bonds is 12. The summed E-state index contributed by atoms with van der Waals surface area (Å²) in [6.07, 6.45) is 6.21. The lowest BCUT2D eigenvalue weighted by molar-refractivity contribution is -0.140. The Bertz CT molecular complexity index is 1510. The zero-order valence-electron chi connectivity index (χ0n) is 24.3. The van der Waals surface area contributed by atoms with Crippen molar-refractivity contribution in [1.29, 1.82) is 0 Å². The minimum atomic E-state index is -3.93. The molecule has 3 aromatic carbocycles. The van der Waals surface area contributed by atoms with E-state index < -0.39 is 28.5 Å². The van der Waals surface area contributed by atoms with Crippen LogP contribution in [0, 0.1) is 0 Å².